The van der Waals surface area contributed by atoms with E-state index in [4.69, 9.17) is 21.1 Å². The van der Waals surface area contributed by atoms with Crippen LogP contribution in [0.3, 0.4) is 0 Å². The number of hydrogen-bond acceptors (Lipinski definition) is 4. The Morgan fingerprint density at radius 2 is 1.89 bits per heavy atom. The van der Waals surface area contributed by atoms with Crippen molar-refractivity contribution in [1.82, 2.24) is 5.32 Å². The maximum Gasteiger partial charge on any atom is 0.223 e. The van der Waals surface area contributed by atoms with Gasteiger partial charge in [-0.05, 0) is 53.1 Å². The highest BCUT2D eigenvalue weighted by Gasteiger charge is 2.57. The molecule has 0 bridgehead atoms. The number of carbonyl (C=O) groups is 1. The molecule has 2 aliphatic rings. The first kappa shape index (κ1) is 23.3. The van der Waals surface area contributed by atoms with E-state index in [1.165, 1.54) is 11.3 Å². The van der Waals surface area contributed by atoms with Gasteiger partial charge in [-0.2, -0.15) is 0 Å². The highest BCUT2D eigenvalue weighted by atomic mass is 35.5. The molecular weight excluding hydrogens is 460 g/mol. The first-order chi connectivity index (χ1) is 16.8. The monoisotopic (exact) mass is 488 g/mol. The highest BCUT2D eigenvalue weighted by molar-refractivity contribution is 6.30. The third kappa shape index (κ3) is 4.04. The molecule has 5 nitrogen and oxygen atoms in total. The molecular formula is C29H29ClN2O3. The van der Waals surface area contributed by atoms with Gasteiger partial charge < -0.3 is 19.7 Å². The largest absolute Gasteiger partial charge is 0.493 e. The smallest absolute Gasteiger partial charge is 0.223 e. The number of fused-ring (bicyclic) bond motifs is 3. The van der Waals surface area contributed by atoms with Gasteiger partial charge in [0.25, 0.3) is 0 Å². The molecule has 1 amide bonds. The Bertz CT molecular complexity index is 1300. The van der Waals surface area contributed by atoms with E-state index in [2.05, 4.69) is 60.5 Å². The zero-order valence-corrected chi connectivity index (χ0v) is 20.9. The lowest BCUT2D eigenvalue weighted by Gasteiger charge is -2.49. The van der Waals surface area contributed by atoms with Gasteiger partial charge in [-0.15, -0.1) is 0 Å². The molecule has 1 fully saturated rings. The van der Waals surface area contributed by atoms with Crippen molar-refractivity contribution in [2.45, 2.75) is 38.0 Å². The van der Waals surface area contributed by atoms with Crippen LogP contribution in [0.25, 0.3) is 6.08 Å². The third-order valence-electron chi connectivity index (χ3n) is 7.13. The normalized spacial score (nSPS) is 20.3. The van der Waals surface area contributed by atoms with E-state index in [0.717, 1.165) is 11.1 Å². The molecule has 1 saturated heterocycles. The zero-order chi connectivity index (χ0) is 24.6. The summed E-state index contributed by atoms with van der Waals surface area (Å²) in [6.45, 7) is 5.45. The number of amides is 1. The number of methoxy groups -OCH3 is 1. The highest BCUT2D eigenvalue weighted by Crippen LogP contribution is 2.52. The zero-order valence-electron chi connectivity index (χ0n) is 20.2. The molecule has 35 heavy (non-hydrogen) atoms. The summed E-state index contributed by atoms with van der Waals surface area (Å²) in [5.74, 6) is 1.36. The molecule has 0 aliphatic carbocycles. The molecule has 0 saturated carbocycles. The lowest BCUT2D eigenvalue weighted by Crippen LogP contribution is -2.68. The molecule has 5 rings (SSSR count). The van der Waals surface area contributed by atoms with Gasteiger partial charge >= 0.3 is 0 Å². The van der Waals surface area contributed by atoms with Crippen LogP contribution in [-0.2, 0) is 16.8 Å². The van der Waals surface area contributed by atoms with Crippen LogP contribution < -0.4 is 19.7 Å². The van der Waals surface area contributed by atoms with Gasteiger partial charge in [0.15, 0.2) is 11.5 Å². The number of benzene rings is 3. The number of ether oxygens (including phenoxy) is 2. The van der Waals surface area contributed by atoms with Gasteiger partial charge in [0.1, 0.15) is 12.3 Å². The number of para-hydroxylation sites is 1. The molecule has 180 valence electrons. The predicted molar refractivity (Wildman–Crippen MR) is 140 cm³/mol. The van der Waals surface area contributed by atoms with Crippen LogP contribution in [0.4, 0.5) is 5.69 Å². The first-order valence-electron chi connectivity index (χ1n) is 11.8. The minimum Gasteiger partial charge on any atom is -0.493 e. The van der Waals surface area contributed by atoms with E-state index >= 15 is 0 Å². The summed E-state index contributed by atoms with van der Waals surface area (Å²) in [6.07, 6.45) is 4.65. The van der Waals surface area contributed by atoms with Gasteiger partial charge in [-0.25, -0.2) is 0 Å². The van der Waals surface area contributed by atoms with Crippen molar-refractivity contribution in [3.8, 4) is 11.5 Å². The summed E-state index contributed by atoms with van der Waals surface area (Å²) in [7, 11) is 1.63. The van der Waals surface area contributed by atoms with Crippen LogP contribution in [0.15, 0.2) is 72.8 Å². The standard InChI is InChI=1S/C29H29ClN2O3/c1-28(2)23-9-4-5-10-24(23)32-16-14-27(33)31-29(28,32)15-13-20-11-12-25(26(18-20)34-3)35-19-21-7-6-8-22(30)17-21/h4-13,15,17-18H,14,16,19H2,1-3H3,(H,31,33)/b15-13+/t29-/m0/s1. The lowest BCUT2D eigenvalue weighted by molar-refractivity contribution is -0.124. The number of nitrogens with one attached hydrogen (secondary N) is 1. The van der Waals surface area contributed by atoms with E-state index < -0.39 is 5.66 Å². The fourth-order valence-corrected chi connectivity index (χ4v) is 5.44. The summed E-state index contributed by atoms with van der Waals surface area (Å²) in [5.41, 5.74) is 3.37. The number of carbonyl (C=O) groups excluding carboxylic acids is 1. The van der Waals surface area contributed by atoms with Crippen LogP contribution in [0.5, 0.6) is 11.5 Å². The van der Waals surface area contributed by atoms with E-state index in [-0.39, 0.29) is 11.3 Å². The van der Waals surface area contributed by atoms with Crippen LogP contribution in [-0.4, -0.2) is 25.2 Å². The Kier molecular flexibility index (Phi) is 5.97. The predicted octanol–water partition coefficient (Wildman–Crippen LogP) is 5.95. The summed E-state index contributed by atoms with van der Waals surface area (Å²) in [4.78, 5) is 14.9. The summed E-state index contributed by atoms with van der Waals surface area (Å²) < 4.78 is 11.6. The molecule has 0 aromatic heterocycles. The fourth-order valence-electron chi connectivity index (χ4n) is 5.23. The molecule has 2 heterocycles. The average molecular weight is 489 g/mol. The quantitative estimate of drug-likeness (QED) is 0.465. The second kappa shape index (κ2) is 8.97. The lowest BCUT2D eigenvalue weighted by atomic mass is 9.74. The van der Waals surface area contributed by atoms with Gasteiger partial charge in [-0.3, -0.25) is 4.79 Å². The van der Waals surface area contributed by atoms with E-state index in [9.17, 15) is 4.79 Å². The maximum atomic E-state index is 12.6. The van der Waals surface area contributed by atoms with Crippen LogP contribution in [0.2, 0.25) is 5.02 Å². The minimum atomic E-state index is -0.652. The summed E-state index contributed by atoms with van der Waals surface area (Å²) in [6, 6.07) is 21.9. The SMILES string of the molecule is COc1cc(/C=C/[C@]23NC(=O)CCN2c2ccccc2C3(C)C)ccc1OCc1cccc(Cl)c1. The number of nitrogens with zero attached hydrogens (tertiary/aromatic N) is 1. The number of rotatable bonds is 6. The molecule has 1 atom stereocenters. The average Bonchev–Trinajstić information content (AvgIpc) is 3.05. The van der Waals surface area contributed by atoms with E-state index in [1.807, 2.05) is 42.5 Å². The van der Waals surface area contributed by atoms with Gasteiger partial charge in [-0.1, -0.05) is 67.9 Å². The molecule has 3 aromatic carbocycles. The molecule has 0 spiro atoms. The number of halogens is 1. The van der Waals surface area contributed by atoms with Crippen LogP contribution in [0.1, 0.15) is 37.0 Å². The Hall–Kier alpha value is -3.44. The van der Waals surface area contributed by atoms with Crippen molar-refractivity contribution in [2.75, 3.05) is 18.6 Å². The minimum absolute atomic E-state index is 0.0640. The first-order valence-corrected chi connectivity index (χ1v) is 12.1. The van der Waals surface area contributed by atoms with Crippen molar-refractivity contribution in [3.63, 3.8) is 0 Å². The van der Waals surface area contributed by atoms with Crippen LogP contribution >= 0.6 is 11.6 Å². The molecule has 6 heteroatoms. The summed E-state index contributed by atoms with van der Waals surface area (Å²) >= 11 is 6.08. The fraction of sp³-hybridized carbons (Fsp3) is 0.276. The second-order valence-corrected chi connectivity index (χ2v) is 9.96. The maximum absolute atomic E-state index is 12.6. The van der Waals surface area contributed by atoms with Crippen molar-refractivity contribution < 1.29 is 14.3 Å². The third-order valence-corrected chi connectivity index (χ3v) is 7.36. The molecule has 1 N–H and O–H groups in total. The van der Waals surface area contributed by atoms with Gasteiger partial charge in [0.05, 0.1) is 7.11 Å². The van der Waals surface area contributed by atoms with Gasteiger partial charge in [0, 0.05) is 29.1 Å². The number of anilines is 1. The van der Waals surface area contributed by atoms with E-state index in [1.54, 1.807) is 7.11 Å². The molecule has 3 aromatic rings. The Morgan fingerprint density at radius 1 is 1.06 bits per heavy atom. The molecule has 0 unspecified atom stereocenters. The van der Waals surface area contributed by atoms with Crippen LogP contribution in [0, 0.1) is 0 Å². The van der Waals surface area contributed by atoms with Crippen molar-refractivity contribution in [1.29, 1.82) is 0 Å². The topological polar surface area (TPSA) is 50.8 Å². The Morgan fingerprint density at radius 3 is 2.69 bits per heavy atom. The van der Waals surface area contributed by atoms with Gasteiger partial charge in [0.2, 0.25) is 5.91 Å². The second-order valence-electron chi connectivity index (χ2n) is 9.52. The Labute approximate surface area is 211 Å². The number of hydrogen-bond donors (Lipinski definition) is 1. The molecule has 2 aliphatic heterocycles. The van der Waals surface area contributed by atoms with E-state index in [0.29, 0.717) is 36.1 Å². The Balaban J connectivity index is 1.44. The summed E-state index contributed by atoms with van der Waals surface area (Å²) in [5, 5.41) is 4.00. The van der Waals surface area contributed by atoms with Crippen molar-refractivity contribution >= 4 is 29.3 Å². The van der Waals surface area contributed by atoms with Crippen molar-refractivity contribution in [2.24, 2.45) is 0 Å². The van der Waals surface area contributed by atoms with Crippen molar-refractivity contribution in [3.05, 3.63) is 94.5 Å². The molecule has 0 radical (unpaired) electrons.